The molecule has 0 aliphatic rings. The minimum atomic E-state index is -0.644. The van der Waals surface area contributed by atoms with Crippen LogP contribution in [0.15, 0.2) is 24.4 Å². The molecule has 0 unspecified atom stereocenters. The third-order valence-electron chi connectivity index (χ3n) is 3.67. The molecule has 0 radical (unpaired) electrons. The number of aryl methyl sites for hydroxylation is 1. The van der Waals surface area contributed by atoms with E-state index in [4.69, 9.17) is 0 Å². The number of nitrogens with zero attached hydrogens (tertiary/aromatic N) is 3. The van der Waals surface area contributed by atoms with Crippen molar-refractivity contribution in [1.82, 2.24) is 9.47 Å². The van der Waals surface area contributed by atoms with Crippen LogP contribution in [0.4, 0.5) is 5.69 Å². The van der Waals surface area contributed by atoms with Crippen molar-refractivity contribution in [2.75, 3.05) is 13.1 Å². The summed E-state index contributed by atoms with van der Waals surface area (Å²) in [5, 5.41) is 11.3. The molecule has 1 amide bonds. The van der Waals surface area contributed by atoms with E-state index in [1.54, 1.807) is 31.5 Å². The third-order valence-corrected chi connectivity index (χ3v) is 3.67. The number of amides is 1. The molecule has 1 aromatic carbocycles. The van der Waals surface area contributed by atoms with Crippen LogP contribution >= 0.6 is 0 Å². The molecular weight excluding hydrogens is 286 g/mol. The Hall–Kier alpha value is -2.70. The first-order chi connectivity index (χ1) is 10.4. The van der Waals surface area contributed by atoms with Crippen molar-refractivity contribution in [2.24, 2.45) is 7.05 Å². The fourth-order valence-corrected chi connectivity index (χ4v) is 2.44. The van der Waals surface area contributed by atoms with Gasteiger partial charge < -0.3 is 9.47 Å². The van der Waals surface area contributed by atoms with E-state index >= 15 is 0 Å². The zero-order valence-electron chi connectivity index (χ0n) is 12.7. The number of carbonyl (C=O) groups is 2. The maximum atomic E-state index is 12.4. The number of fused-ring (bicyclic) bond motifs is 1. The van der Waals surface area contributed by atoms with Gasteiger partial charge in [0.15, 0.2) is 0 Å². The number of benzene rings is 1. The molecule has 2 aromatic rings. The first-order valence-electron chi connectivity index (χ1n) is 6.97. The molecule has 0 aliphatic heterocycles. The third kappa shape index (κ3) is 2.57. The summed E-state index contributed by atoms with van der Waals surface area (Å²) in [7, 11) is 1.73. The standard InChI is InChI=1S/C15H17N3O4/c1-4-17(5-2)15(20)14(19)12-9-16(3)13-7-6-10(18(21)22)8-11(12)13/h6-9H,4-5H2,1-3H3. The molecule has 2 rings (SSSR count). The summed E-state index contributed by atoms with van der Waals surface area (Å²) in [5.41, 5.74) is 0.752. The predicted molar refractivity (Wildman–Crippen MR) is 81.8 cm³/mol. The highest BCUT2D eigenvalue weighted by Crippen LogP contribution is 2.26. The molecule has 7 nitrogen and oxygen atoms in total. The summed E-state index contributed by atoms with van der Waals surface area (Å²) in [6.45, 7) is 4.46. The molecule has 0 atom stereocenters. The van der Waals surface area contributed by atoms with E-state index in [0.29, 0.717) is 24.0 Å². The largest absolute Gasteiger partial charge is 0.350 e. The SMILES string of the molecule is CCN(CC)C(=O)C(=O)c1cn(C)c2ccc([N+](=O)[O-])cc12. The average Bonchev–Trinajstić information content (AvgIpc) is 2.84. The van der Waals surface area contributed by atoms with Crippen LogP contribution < -0.4 is 0 Å². The highest BCUT2D eigenvalue weighted by molar-refractivity contribution is 6.44. The Morgan fingerprint density at radius 3 is 2.45 bits per heavy atom. The molecular formula is C15H17N3O4. The van der Waals surface area contributed by atoms with E-state index in [9.17, 15) is 19.7 Å². The van der Waals surface area contributed by atoms with Gasteiger partial charge in [0.2, 0.25) is 0 Å². The summed E-state index contributed by atoms with van der Waals surface area (Å²) in [6, 6.07) is 4.28. The lowest BCUT2D eigenvalue weighted by Crippen LogP contribution is -2.36. The van der Waals surface area contributed by atoms with Gasteiger partial charge in [0.25, 0.3) is 17.4 Å². The van der Waals surface area contributed by atoms with Crippen molar-refractivity contribution in [1.29, 1.82) is 0 Å². The highest BCUT2D eigenvalue weighted by atomic mass is 16.6. The van der Waals surface area contributed by atoms with Crippen LogP contribution in [-0.2, 0) is 11.8 Å². The molecule has 0 fully saturated rings. The van der Waals surface area contributed by atoms with Gasteiger partial charge in [-0.15, -0.1) is 0 Å². The maximum Gasteiger partial charge on any atom is 0.295 e. The van der Waals surface area contributed by atoms with Crippen LogP contribution in [0.1, 0.15) is 24.2 Å². The van der Waals surface area contributed by atoms with Crippen LogP contribution in [0.5, 0.6) is 0 Å². The number of hydrogen-bond donors (Lipinski definition) is 0. The van der Waals surface area contributed by atoms with Gasteiger partial charge in [0.1, 0.15) is 0 Å². The molecule has 0 aliphatic carbocycles. The quantitative estimate of drug-likeness (QED) is 0.366. The van der Waals surface area contributed by atoms with Gasteiger partial charge in [-0.3, -0.25) is 19.7 Å². The Labute approximate surface area is 127 Å². The monoisotopic (exact) mass is 303 g/mol. The van der Waals surface area contributed by atoms with Gasteiger partial charge in [-0.1, -0.05) is 0 Å². The molecule has 0 spiro atoms. The second-order valence-corrected chi connectivity index (χ2v) is 4.92. The van der Waals surface area contributed by atoms with Gasteiger partial charge in [0, 0.05) is 49.4 Å². The Bertz CT molecular complexity index is 759. The number of non-ortho nitro benzene ring substituents is 1. The molecule has 0 saturated carbocycles. The molecule has 1 aromatic heterocycles. The van der Waals surface area contributed by atoms with Crippen LogP contribution in [0, 0.1) is 10.1 Å². The molecule has 22 heavy (non-hydrogen) atoms. The Morgan fingerprint density at radius 2 is 1.91 bits per heavy atom. The van der Waals surface area contributed by atoms with Crippen LogP contribution in [0.25, 0.3) is 10.9 Å². The van der Waals surface area contributed by atoms with Crippen molar-refractivity contribution in [3.63, 3.8) is 0 Å². The Kier molecular flexibility index (Phi) is 4.25. The number of ketones is 1. The number of nitro groups is 1. The highest BCUT2D eigenvalue weighted by Gasteiger charge is 2.25. The van der Waals surface area contributed by atoms with Crippen LogP contribution in [0.2, 0.25) is 0 Å². The van der Waals surface area contributed by atoms with Crippen LogP contribution in [0.3, 0.4) is 0 Å². The smallest absolute Gasteiger partial charge is 0.295 e. The zero-order valence-corrected chi connectivity index (χ0v) is 12.7. The summed E-state index contributed by atoms with van der Waals surface area (Å²) in [6.07, 6.45) is 1.54. The normalized spacial score (nSPS) is 10.7. The van der Waals surface area contributed by atoms with E-state index in [0.717, 1.165) is 0 Å². The average molecular weight is 303 g/mol. The minimum Gasteiger partial charge on any atom is -0.350 e. The van der Waals surface area contributed by atoms with E-state index in [1.807, 2.05) is 0 Å². The van der Waals surface area contributed by atoms with Gasteiger partial charge in [-0.25, -0.2) is 0 Å². The summed E-state index contributed by atoms with van der Waals surface area (Å²) < 4.78 is 1.68. The number of aromatic nitrogens is 1. The summed E-state index contributed by atoms with van der Waals surface area (Å²) >= 11 is 0. The van der Waals surface area contributed by atoms with E-state index < -0.39 is 16.6 Å². The lowest BCUT2D eigenvalue weighted by Gasteiger charge is -2.17. The topological polar surface area (TPSA) is 85.5 Å². The summed E-state index contributed by atoms with van der Waals surface area (Å²) in [5.74, 6) is -1.24. The lowest BCUT2D eigenvalue weighted by molar-refractivity contribution is -0.384. The van der Waals surface area contributed by atoms with Crippen molar-refractivity contribution in [2.45, 2.75) is 13.8 Å². The lowest BCUT2D eigenvalue weighted by atomic mass is 10.1. The van der Waals surface area contributed by atoms with Crippen molar-refractivity contribution in [3.8, 4) is 0 Å². The number of nitro benzene ring substituents is 1. The molecule has 0 bridgehead atoms. The first-order valence-corrected chi connectivity index (χ1v) is 6.97. The summed E-state index contributed by atoms with van der Waals surface area (Å²) in [4.78, 5) is 36.5. The number of hydrogen-bond acceptors (Lipinski definition) is 4. The van der Waals surface area contributed by atoms with E-state index in [-0.39, 0.29) is 11.3 Å². The zero-order chi connectivity index (χ0) is 16.4. The van der Waals surface area contributed by atoms with Gasteiger partial charge in [-0.05, 0) is 19.9 Å². The predicted octanol–water partition coefficient (Wildman–Crippen LogP) is 2.14. The van der Waals surface area contributed by atoms with Gasteiger partial charge in [0.05, 0.1) is 10.5 Å². The van der Waals surface area contributed by atoms with Gasteiger partial charge in [-0.2, -0.15) is 0 Å². The first kappa shape index (κ1) is 15.7. The van der Waals surface area contributed by atoms with E-state index in [2.05, 4.69) is 0 Å². The Morgan fingerprint density at radius 1 is 1.27 bits per heavy atom. The van der Waals surface area contributed by atoms with E-state index in [1.165, 1.54) is 23.2 Å². The minimum absolute atomic E-state index is 0.108. The number of rotatable bonds is 5. The fourth-order valence-electron chi connectivity index (χ4n) is 2.44. The van der Waals surface area contributed by atoms with Crippen molar-refractivity contribution < 1.29 is 14.5 Å². The second kappa shape index (κ2) is 5.97. The number of likely N-dealkylation sites (N-methyl/N-ethyl adjacent to an activating group) is 1. The molecule has 7 heteroatoms. The fraction of sp³-hybridized carbons (Fsp3) is 0.333. The maximum absolute atomic E-state index is 12.4. The van der Waals surface area contributed by atoms with Crippen molar-refractivity contribution in [3.05, 3.63) is 40.1 Å². The van der Waals surface area contributed by atoms with Crippen LogP contribution in [-0.4, -0.2) is 39.2 Å². The van der Waals surface area contributed by atoms with Crippen molar-refractivity contribution >= 4 is 28.3 Å². The molecule has 0 N–H and O–H groups in total. The number of Topliss-reactive ketones (excluding diaryl/α,β-unsaturated/α-hetero) is 1. The molecule has 1 heterocycles. The Balaban J connectivity index is 2.55. The van der Waals surface area contributed by atoms with Gasteiger partial charge >= 0.3 is 0 Å². The molecule has 0 saturated heterocycles. The molecule has 116 valence electrons. The second-order valence-electron chi connectivity index (χ2n) is 4.92. The number of carbonyl (C=O) groups excluding carboxylic acids is 2.